The number of carbonyl (C=O) groups excluding carboxylic acids is 1. The van der Waals surface area contributed by atoms with Crippen molar-refractivity contribution in [2.45, 2.75) is 108 Å². The number of nitrogens with zero attached hydrogens (tertiary/aromatic N) is 9. The van der Waals surface area contributed by atoms with Crippen LogP contribution in [0.25, 0.3) is 0 Å². The summed E-state index contributed by atoms with van der Waals surface area (Å²) in [5.41, 5.74) is 4.23. The third-order valence-corrected chi connectivity index (χ3v) is 15.4. The number of anilines is 1. The Morgan fingerprint density at radius 3 is 2.57 bits per heavy atom. The lowest BCUT2D eigenvalue weighted by atomic mass is 9.58. The summed E-state index contributed by atoms with van der Waals surface area (Å²) < 4.78 is 14.8. The van der Waals surface area contributed by atoms with E-state index in [1.807, 2.05) is 30.1 Å². The fourth-order valence-corrected chi connectivity index (χ4v) is 12.0. The normalized spacial score (nSPS) is 27.6. The summed E-state index contributed by atoms with van der Waals surface area (Å²) in [7, 11) is 0. The number of piperidine rings is 1. The Morgan fingerprint density at radius 1 is 1.02 bits per heavy atom. The molecular weight excluding hydrogens is 796 g/mol. The van der Waals surface area contributed by atoms with Crippen molar-refractivity contribution in [2.24, 2.45) is 22.2 Å². The average molecular weight is 845 g/mol. The smallest absolute Gasteiger partial charge is 0.272 e. The summed E-state index contributed by atoms with van der Waals surface area (Å²) in [6.45, 7) is 9.02. The lowest BCUT2D eigenvalue weighted by Crippen LogP contribution is -2.51. The third kappa shape index (κ3) is 7.31. The van der Waals surface area contributed by atoms with Crippen LogP contribution in [0.1, 0.15) is 117 Å². The van der Waals surface area contributed by atoms with Crippen LogP contribution in [0.5, 0.6) is 11.6 Å². The third-order valence-electron chi connectivity index (χ3n) is 13.7. The van der Waals surface area contributed by atoms with Crippen LogP contribution in [0.4, 0.5) is 5.82 Å². The molecule has 3 aromatic heterocycles. The Hall–Kier alpha value is -5.00. The molecule has 3 aliphatic heterocycles. The van der Waals surface area contributed by atoms with E-state index in [0.717, 1.165) is 99.6 Å². The van der Waals surface area contributed by atoms with Crippen LogP contribution in [0.3, 0.4) is 0 Å². The van der Waals surface area contributed by atoms with Crippen LogP contribution in [0.15, 0.2) is 64.1 Å². The number of allylic oxidation sites excluding steroid dienone is 2. The van der Waals surface area contributed by atoms with Crippen molar-refractivity contribution in [1.82, 2.24) is 35.3 Å². The van der Waals surface area contributed by atoms with Crippen molar-refractivity contribution >= 4 is 40.8 Å². The van der Waals surface area contributed by atoms with Gasteiger partial charge in [0.05, 0.1) is 40.3 Å². The molecule has 13 nitrogen and oxygen atoms in total. The van der Waals surface area contributed by atoms with Crippen LogP contribution < -0.4 is 19.7 Å². The topological polar surface area (TPSA) is 156 Å². The van der Waals surface area contributed by atoms with E-state index in [4.69, 9.17) is 36.3 Å². The van der Waals surface area contributed by atoms with Gasteiger partial charge in [-0.1, -0.05) is 17.2 Å². The number of benzene rings is 1. The molecule has 4 fully saturated rings. The molecule has 2 atom stereocenters. The molecular formula is C45H49ClN10O3S. The van der Waals surface area contributed by atoms with Crippen molar-refractivity contribution in [2.75, 3.05) is 24.6 Å². The van der Waals surface area contributed by atoms with Crippen LogP contribution in [0, 0.1) is 35.5 Å². The number of nitrogens with one attached hydrogen (secondary N) is 1. The van der Waals surface area contributed by atoms with Gasteiger partial charge in [0, 0.05) is 43.0 Å². The van der Waals surface area contributed by atoms with Gasteiger partial charge in [-0.05, 0) is 132 Å². The summed E-state index contributed by atoms with van der Waals surface area (Å²) in [4.78, 5) is 27.0. The van der Waals surface area contributed by atoms with Crippen molar-refractivity contribution in [3.8, 4) is 17.7 Å². The van der Waals surface area contributed by atoms with E-state index in [1.54, 1.807) is 24.3 Å². The van der Waals surface area contributed by atoms with Crippen LogP contribution in [-0.4, -0.2) is 73.4 Å². The van der Waals surface area contributed by atoms with Gasteiger partial charge in [0.25, 0.3) is 5.91 Å². The number of hydrogen-bond acceptors (Lipinski definition) is 12. The second-order valence-electron chi connectivity index (χ2n) is 17.8. The number of pyridine rings is 1. The molecule has 6 heterocycles. The van der Waals surface area contributed by atoms with Gasteiger partial charge < -0.3 is 19.7 Å². The number of aromatic nitrogens is 6. The molecule has 10 rings (SSSR count). The number of thioether (sulfide) groups is 1. The largest absolute Gasteiger partial charge is 0.490 e. The molecule has 2 unspecified atom stereocenters. The number of nitriles is 1. The quantitative estimate of drug-likeness (QED) is 0.174. The summed E-state index contributed by atoms with van der Waals surface area (Å²) >= 11 is 8.07. The van der Waals surface area contributed by atoms with E-state index in [9.17, 15) is 4.79 Å². The lowest BCUT2D eigenvalue weighted by Gasteiger charge is -2.53. The van der Waals surface area contributed by atoms with Crippen LogP contribution in [-0.2, 0) is 5.54 Å². The fraction of sp³-hybridized carbons (Fsp3) is 0.511. The van der Waals surface area contributed by atoms with Gasteiger partial charge in [-0.2, -0.15) is 5.26 Å². The average Bonchev–Trinajstić information content (AvgIpc) is 3.86. The summed E-state index contributed by atoms with van der Waals surface area (Å²) in [6.07, 6.45) is 11.7. The number of halogens is 1. The van der Waals surface area contributed by atoms with E-state index >= 15 is 0 Å². The summed E-state index contributed by atoms with van der Waals surface area (Å²) in [6, 6.07) is 15.1. The van der Waals surface area contributed by atoms with Gasteiger partial charge in [0.1, 0.15) is 23.2 Å². The Bertz CT molecular complexity index is 2410. The van der Waals surface area contributed by atoms with Crippen molar-refractivity contribution in [1.29, 1.82) is 5.26 Å². The second-order valence-corrected chi connectivity index (χ2v) is 19.5. The first-order valence-corrected chi connectivity index (χ1v) is 22.6. The zero-order valence-corrected chi connectivity index (χ0v) is 35.8. The minimum Gasteiger partial charge on any atom is -0.490 e. The molecule has 1 N–H and O–H groups in total. The van der Waals surface area contributed by atoms with Crippen molar-refractivity contribution in [3.05, 3.63) is 92.6 Å². The number of amides is 1. The number of carbonyl (C=O) groups is 1. The van der Waals surface area contributed by atoms with E-state index in [1.165, 1.54) is 16.9 Å². The van der Waals surface area contributed by atoms with Crippen LogP contribution >= 0.6 is 23.4 Å². The second kappa shape index (κ2) is 15.5. The van der Waals surface area contributed by atoms with Gasteiger partial charge in [-0.25, -0.2) is 4.98 Å². The number of aryl methyl sites for hydroxylation is 1. The molecule has 6 aliphatic rings. The number of aliphatic imine (C=N–C) groups is 1. The molecule has 4 aromatic rings. The SMILES string of the molecule is CC1=C(C)C2C(c3ccc(OCC4CC5(CCCN(c6ccc(C(=O)NC7CCC(Oc8ccc(C#N)c(Cl)c8)CC7)nn6)C5)C4)nc3)=NC3(CC3)c3nnc(C)n3C2S1. The van der Waals surface area contributed by atoms with E-state index in [-0.39, 0.29) is 40.3 Å². The van der Waals surface area contributed by atoms with Crippen molar-refractivity contribution in [3.63, 3.8) is 0 Å². The molecule has 310 valence electrons. The van der Waals surface area contributed by atoms with Gasteiger partial charge >= 0.3 is 0 Å². The van der Waals surface area contributed by atoms with Gasteiger partial charge in [0.2, 0.25) is 5.88 Å². The summed E-state index contributed by atoms with van der Waals surface area (Å²) in [5, 5.41) is 30.8. The molecule has 3 saturated carbocycles. The molecule has 60 heavy (non-hydrogen) atoms. The van der Waals surface area contributed by atoms with Gasteiger partial charge in [-0.15, -0.1) is 32.2 Å². The monoisotopic (exact) mass is 844 g/mol. The van der Waals surface area contributed by atoms with E-state index in [0.29, 0.717) is 40.4 Å². The zero-order valence-electron chi connectivity index (χ0n) is 34.2. The Labute approximate surface area is 359 Å². The highest BCUT2D eigenvalue weighted by atomic mass is 35.5. The molecule has 1 amide bonds. The molecule has 0 radical (unpaired) electrons. The maximum atomic E-state index is 13.1. The number of fused-ring (bicyclic) bond motifs is 4. The Morgan fingerprint density at radius 2 is 1.85 bits per heavy atom. The van der Waals surface area contributed by atoms with E-state index < -0.39 is 0 Å². The minimum atomic E-state index is -0.281. The molecule has 1 aromatic carbocycles. The first-order chi connectivity index (χ1) is 29.1. The Balaban J connectivity index is 0.699. The molecule has 0 bridgehead atoms. The maximum Gasteiger partial charge on any atom is 0.272 e. The highest BCUT2D eigenvalue weighted by Gasteiger charge is 2.54. The summed E-state index contributed by atoms with van der Waals surface area (Å²) in [5.74, 6) is 4.51. The predicted molar refractivity (Wildman–Crippen MR) is 229 cm³/mol. The molecule has 3 aliphatic carbocycles. The predicted octanol–water partition coefficient (Wildman–Crippen LogP) is 8.14. The highest BCUT2D eigenvalue weighted by Crippen LogP contribution is 2.58. The highest BCUT2D eigenvalue weighted by molar-refractivity contribution is 8.03. The minimum absolute atomic E-state index is 0.0343. The molecule has 15 heteroatoms. The molecule has 2 spiro atoms. The maximum absolute atomic E-state index is 13.1. The number of rotatable bonds is 9. The zero-order chi connectivity index (χ0) is 41.2. The molecule has 1 saturated heterocycles. The Kier molecular flexibility index (Phi) is 10.1. The van der Waals surface area contributed by atoms with Crippen molar-refractivity contribution < 1.29 is 14.3 Å². The van der Waals surface area contributed by atoms with Gasteiger partial charge in [-0.3, -0.25) is 14.4 Å². The first kappa shape index (κ1) is 39.2. The standard InChI is InChI=1S/C45H49ClN10O3S/c1-26-27(2)60-42-39(26)40(50-45(16-17-45)43-54-51-28(3)56(42)43)31-6-14-38(48-23-31)58-24-29-20-44(21-29)15-4-18-55(25-44)37-13-12-36(52-53-37)41(57)49-32-7-10-33(11-8-32)59-34-9-5-30(22-47)35(46)19-34/h5-6,9,12-14,19,23,29,32-33,39,42H,4,7-8,10-11,15-18,20-21,24-25H2,1-3H3,(H,49,57). The number of ether oxygens (including phenoxy) is 2. The van der Waals surface area contributed by atoms with Gasteiger partial charge in [0.15, 0.2) is 17.3 Å². The fourth-order valence-electron chi connectivity index (χ4n) is 10.2. The first-order valence-electron chi connectivity index (χ1n) is 21.3. The van der Waals surface area contributed by atoms with E-state index in [2.05, 4.69) is 68.1 Å². The van der Waals surface area contributed by atoms with Crippen LogP contribution in [0.2, 0.25) is 5.02 Å². The lowest BCUT2D eigenvalue weighted by molar-refractivity contribution is 0.0103. The number of hydrogen-bond donors (Lipinski definition) is 1.